The van der Waals surface area contributed by atoms with E-state index in [1.165, 1.54) is 32.1 Å². The molecular weight excluding hydrogens is 306 g/mol. The minimum Gasteiger partial charge on any atom is -0.378 e. The first-order chi connectivity index (χ1) is 11.8. The van der Waals surface area contributed by atoms with Gasteiger partial charge in [-0.25, -0.2) is 0 Å². The molecule has 7 heteroatoms. The summed E-state index contributed by atoms with van der Waals surface area (Å²) in [5.41, 5.74) is 0. The molecule has 1 aliphatic rings. The monoisotopic (exact) mass is 337 g/mol. The molecule has 0 amide bonds. The molecule has 1 heterocycles. The van der Waals surface area contributed by atoms with Gasteiger partial charge in [0.1, 0.15) is 0 Å². The number of aryl methyl sites for hydroxylation is 1. The van der Waals surface area contributed by atoms with Gasteiger partial charge in [-0.15, -0.1) is 0 Å². The second-order valence-corrected chi connectivity index (χ2v) is 6.16. The quantitative estimate of drug-likeness (QED) is 0.408. The number of hydrogen-bond acceptors (Lipinski definition) is 5. The van der Waals surface area contributed by atoms with Crippen LogP contribution >= 0.6 is 0 Å². The lowest BCUT2D eigenvalue weighted by molar-refractivity contribution is 0.0281. The predicted molar refractivity (Wildman–Crippen MR) is 94.2 cm³/mol. The van der Waals surface area contributed by atoms with Crippen molar-refractivity contribution in [2.24, 2.45) is 4.99 Å². The van der Waals surface area contributed by atoms with E-state index in [-0.39, 0.29) is 0 Å². The Hall–Kier alpha value is -1.63. The number of aromatic nitrogens is 2. The summed E-state index contributed by atoms with van der Waals surface area (Å²) in [7, 11) is 0. The van der Waals surface area contributed by atoms with Crippen LogP contribution < -0.4 is 10.6 Å². The van der Waals surface area contributed by atoms with E-state index in [1.807, 2.05) is 6.92 Å². The van der Waals surface area contributed by atoms with E-state index >= 15 is 0 Å². The standard InChI is InChI=1S/C17H31N5O2/c1-3-18-17(20-12-10-16-21-14(2)22-24-16)19-11-7-13-23-15-8-5-4-6-9-15/h15H,3-13H2,1-2H3,(H2,18,19,20). The first kappa shape index (κ1) is 18.7. The van der Waals surface area contributed by atoms with Crippen molar-refractivity contribution in [3.63, 3.8) is 0 Å². The van der Waals surface area contributed by atoms with Crippen LogP contribution in [0.4, 0.5) is 0 Å². The molecule has 0 bridgehead atoms. The lowest BCUT2D eigenvalue weighted by Gasteiger charge is -2.21. The van der Waals surface area contributed by atoms with E-state index < -0.39 is 0 Å². The highest BCUT2D eigenvalue weighted by atomic mass is 16.5. The Bertz CT molecular complexity index is 483. The third kappa shape index (κ3) is 7.29. The van der Waals surface area contributed by atoms with Gasteiger partial charge < -0.3 is 19.9 Å². The fraction of sp³-hybridized carbons (Fsp3) is 0.824. The minimum absolute atomic E-state index is 0.479. The van der Waals surface area contributed by atoms with Crippen LogP contribution in [0.2, 0.25) is 0 Å². The second kappa shape index (κ2) is 11.0. The lowest BCUT2D eigenvalue weighted by Crippen LogP contribution is -2.38. The molecule has 0 radical (unpaired) electrons. The highest BCUT2D eigenvalue weighted by molar-refractivity contribution is 5.79. The third-order valence-electron chi connectivity index (χ3n) is 4.02. The summed E-state index contributed by atoms with van der Waals surface area (Å²) in [6, 6.07) is 0. The van der Waals surface area contributed by atoms with Crippen LogP contribution in [-0.4, -0.2) is 48.4 Å². The molecule has 0 aromatic carbocycles. The van der Waals surface area contributed by atoms with Gasteiger partial charge in [-0.3, -0.25) is 4.99 Å². The molecule has 0 atom stereocenters. The van der Waals surface area contributed by atoms with Crippen LogP contribution in [0.15, 0.2) is 9.52 Å². The number of rotatable bonds is 9. The van der Waals surface area contributed by atoms with Crippen molar-refractivity contribution in [3.05, 3.63) is 11.7 Å². The predicted octanol–water partition coefficient (Wildman–Crippen LogP) is 2.22. The van der Waals surface area contributed by atoms with E-state index in [0.717, 1.165) is 32.1 Å². The normalized spacial score (nSPS) is 16.3. The highest BCUT2D eigenvalue weighted by Crippen LogP contribution is 2.20. The van der Waals surface area contributed by atoms with Crippen LogP contribution in [0.5, 0.6) is 0 Å². The van der Waals surface area contributed by atoms with Gasteiger partial charge in [-0.05, 0) is 33.1 Å². The molecule has 1 fully saturated rings. The van der Waals surface area contributed by atoms with Crippen molar-refractivity contribution in [3.8, 4) is 0 Å². The van der Waals surface area contributed by atoms with Gasteiger partial charge in [0, 0.05) is 32.7 Å². The Morgan fingerprint density at radius 1 is 1.29 bits per heavy atom. The van der Waals surface area contributed by atoms with Crippen molar-refractivity contribution < 1.29 is 9.26 Å². The average molecular weight is 337 g/mol. The molecule has 1 aromatic heterocycles. The maximum absolute atomic E-state index is 5.93. The van der Waals surface area contributed by atoms with Crippen molar-refractivity contribution in [1.29, 1.82) is 0 Å². The Kier molecular flexibility index (Phi) is 8.59. The van der Waals surface area contributed by atoms with Gasteiger partial charge in [0.25, 0.3) is 0 Å². The van der Waals surface area contributed by atoms with Crippen LogP contribution in [0, 0.1) is 6.92 Å². The van der Waals surface area contributed by atoms with Gasteiger partial charge in [0.2, 0.25) is 5.89 Å². The van der Waals surface area contributed by atoms with Crippen LogP contribution in [0.3, 0.4) is 0 Å². The topological polar surface area (TPSA) is 84.6 Å². The van der Waals surface area contributed by atoms with E-state index in [2.05, 4.69) is 32.7 Å². The molecule has 1 aliphatic carbocycles. The fourth-order valence-corrected chi connectivity index (χ4v) is 2.81. The zero-order chi connectivity index (χ0) is 17.0. The van der Waals surface area contributed by atoms with Gasteiger partial charge in [-0.1, -0.05) is 24.4 Å². The molecule has 0 saturated heterocycles. The smallest absolute Gasteiger partial charge is 0.228 e. The largest absolute Gasteiger partial charge is 0.378 e. The van der Waals surface area contributed by atoms with Gasteiger partial charge in [-0.2, -0.15) is 4.98 Å². The zero-order valence-corrected chi connectivity index (χ0v) is 15.0. The molecular formula is C17H31N5O2. The highest BCUT2D eigenvalue weighted by Gasteiger charge is 2.12. The SMILES string of the molecule is CCNC(=NCCCOC1CCCCC1)NCCc1nc(C)no1. The second-order valence-electron chi connectivity index (χ2n) is 6.16. The van der Waals surface area contributed by atoms with Gasteiger partial charge in [0.15, 0.2) is 11.8 Å². The van der Waals surface area contributed by atoms with Gasteiger partial charge in [0.05, 0.1) is 6.10 Å². The Balaban J connectivity index is 1.60. The fourth-order valence-electron chi connectivity index (χ4n) is 2.81. The molecule has 1 aromatic rings. The molecule has 0 spiro atoms. The Labute approximate surface area is 144 Å². The summed E-state index contributed by atoms with van der Waals surface area (Å²) in [4.78, 5) is 8.77. The number of nitrogens with zero attached hydrogens (tertiary/aromatic N) is 3. The first-order valence-electron chi connectivity index (χ1n) is 9.21. The van der Waals surface area contributed by atoms with Crippen LogP contribution in [0.25, 0.3) is 0 Å². The van der Waals surface area contributed by atoms with Crippen molar-refractivity contribution in [2.45, 2.75) is 64.9 Å². The van der Waals surface area contributed by atoms with Crippen molar-refractivity contribution >= 4 is 5.96 Å². The molecule has 7 nitrogen and oxygen atoms in total. The van der Waals surface area contributed by atoms with Crippen LogP contribution in [-0.2, 0) is 11.2 Å². The van der Waals surface area contributed by atoms with E-state index in [0.29, 0.717) is 30.8 Å². The molecule has 2 rings (SSSR count). The number of aliphatic imine (C=N–C) groups is 1. The zero-order valence-electron chi connectivity index (χ0n) is 15.0. The maximum Gasteiger partial charge on any atom is 0.228 e. The van der Waals surface area contributed by atoms with Crippen LogP contribution in [0.1, 0.15) is 57.2 Å². The summed E-state index contributed by atoms with van der Waals surface area (Å²) in [5, 5.41) is 10.3. The number of hydrogen-bond donors (Lipinski definition) is 2. The first-order valence-corrected chi connectivity index (χ1v) is 9.21. The molecule has 0 unspecified atom stereocenters. The number of guanidine groups is 1. The Morgan fingerprint density at radius 3 is 2.83 bits per heavy atom. The average Bonchev–Trinajstić information content (AvgIpc) is 3.01. The molecule has 0 aliphatic heterocycles. The summed E-state index contributed by atoms with van der Waals surface area (Å²) >= 11 is 0. The number of ether oxygens (including phenoxy) is 1. The molecule has 2 N–H and O–H groups in total. The van der Waals surface area contributed by atoms with Gasteiger partial charge >= 0.3 is 0 Å². The van der Waals surface area contributed by atoms with E-state index in [9.17, 15) is 0 Å². The summed E-state index contributed by atoms with van der Waals surface area (Å²) in [6.45, 7) is 7.00. The van der Waals surface area contributed by atoms with Crippen molar-refractivity contribution in [1.82, 2.24) is 20.8 Å². The Morgan fingerprint density at radius 2 is 2.12 bits per heavy atom. The lowest BCUT2D eigenvalue weighted by atomic mass is 9.98. The summed E-state index contributed by atoms with van der Waals surface area (Å²) in [6.07, 6.45) is 8.57. The van der Waals surface area contributed by atoms with Crippen molar-refractivity contribution in [2.75, 3.05) is 26.2 Å². The molecule has 136 valence electrons. The third-order valence-corrected chi connectivity index (χ3v) is 4.02. The summed E-state index contributed by atoms with van der Waals surface area (Å²) < 4.78 is 11.0. The minimum atomic E-state index is 0.479. The summed E-state index contributed by atoms with van der Waals surface area (Å²) in [5.74, 6) is 2.15. The van der Waals surface area contributed by atoms with E-state index in [4.69, 9.17) is 9.26 Å². The molecule has 1 saturated carbocycles. The maximum atomic E-state index is 5.93. The number of nitrogens with one attached hydrogen (secondary N) is 2. The molecule has 24 heavy (non-hydrogen) atoms. The van der Waals surface area contributed by atoms with E-state index in [1.54, 1.807) is 0 Å².